The molecule has 30 heavy (non-hydrogen) atoms. The zero-order chi connectivity index (χ0) is 22.8. The van der Waals surface area contributed by atoms with Crippen molar-refractivity contribution < 1.29 is 19.1 Å². The number of esters is 1. The van der Waals surface area contributed by atoms with Crippen LogP contribution >= 0.6 is 0 Å². The summed E-state index contributed by atoms with van der Waals surface area (Å²) in [5.74, 6) is -0.974. The Kier molecular flexibility index (Phi) is 10.6. The second-order valence-electron chi connectivity index (χ2n) is 8.53. The fourth-order valence-corrected chi connectivity index (χ4v) is 3.72. The quantitative estimate of drug-likeness (QED) is 0.381. The molecule has 0 fully saturated rings. The van der Waals surface area contributed by atoms with E-state index in [2.05, 4.69) is 45.9 Å². The van der Waals surface area contributed by atoms with Gasteiger partial charge in [0.1, 0.15) is 6.10 Å². The van der Waals surface area contributed by atoms with Gasteiger partial charge < -0.3 is 15.2 Å². The molecule has 0 unspecified atom stereocenters. The Morgan fingerprint density at radius 2 is 1.57 bits per heavy atom. The van der Waals surface area contributed by atoms with Crippen LogP contribution in [0, 0.1) is 11.8 Å². The van der Waals surface area contributed by atoms with E-state index in [0.29, 0.717) is 6.42 Å². The van der Waals surface area contributed by atoms with Gasteiger partial charge in [-0.2, -0.15) is 0 Å². The Labute approximate surface area is 182 Å². The van der Waals surface area contributed by atoms with Gasteiger partial charge in [0, 0.05) is 18.8 Å². The predicted octanol–water partition coefficient (Wildman–Crippen LogP) is 5.38. The van der Waals surface area contributed by atoms with Gasteiger partial charge >= 0.3 is 5.97 Å². The number of Topliss-reactive ketones (excluding diaryl/α,β-unsaturated/α-hetero) is 1. The third-order valence-electron chi connectivity index (χ3n) is 5.60. The fraction of sp³-hybridized carbons (Fsp3) is 0.600. The highest BCUT2D eigenvalue weighted by atomic mass is 16.5. The number of rotatable bonds is 10. The molecule has 0 spiro atoms. The molecule has 5 nitrogen and oxygen atoms in total. The van der Waals surface area contributed by atoms with Crippen LogP contribution in [0.25, 0.3) is 0 Å². The first-order valence-electron chi connectivity index (χ1n) is 10.8. The molecule has 0 aliphatic heterocycles. The summed E-state index contributed by atoms with van der Waals surface area (Å²) in [4.78, 5) is 24.2. The van der Waals surface area contributed by atoms with E-state index >= 15 is 0 Å². The first-order chi connectivity index (χ1) is 14.1. The molecule has 1 rings (SSSR count). The van der Waals surface area contributed by atoms with Gasteiger partial charge in [-0.15, -0.1) is 0 Å². The zero-order valence-corrected chi connectivity index (χ0v) is 19.7. The van der Waals surface area contributed by atoms with Crippen molar-refractivity contribution in [3.05, 3.63) is 46.4 Å². The predicted molar refractivity (Wildman–Crippen MR) is 121 cm³/mol. The number of hydrogen-bond donors (Lipinski definition) is 1. The van der Waals surface area contributed by atoms with Crippen LogP contribution in [0.1, 0.15) is 73.6 Å². The molecule has 1 aliphatic rings. The molecular formula is C25H39NO4. The number of ether oxygens (including phenoxy) is 2. The molecule has 0 saturated carbocycles. The van der Waals surface area contributed by atoms with Gasteiger partial charge in [-0.3, -0.25) is 9.59 Å². The molecular weight excluding hydrogens is 378 g/mol. The fourth-order valence-electron chi connectivity index (χ4n) is 3.72. The molecule has 0 aromatic rings. The van der Waals surface area contributed by atoms with E-state index in [-0.39, 0.29) is 29.1 Å². The van der Waals surface area contributed by atoms with E-state index in [1.165, 1.54) is 30.8 Å². The first-order valence-corrected chi connectivity index (χ1v) is 10.8. The van der Waals surface area contributed by atoms with E-state index in [4.69, 9.17) is 15.2 Å². The molecule has 0 amide bonds. The van der Waals surface area contributed by atoms with Crippen molar-refractivity contribution in [1.82, 2.24) is 0 Å². The summed E-state index contributed by atoms with van der Waals surface area (Å²) < 4.78 is 10.6. The summed E-state index contributed by atoms with van der Waals surface area (Å²) >= 11 is 0. The van der Waals surface area contributed by atoms with Crippen LogP contribution in [-0.4, -0.2) is 25.0 Å². The van der Waals surface area contributed by atoms with Gasteiger partial charge in [-0.25, -0.2) is 0 Å². The normalized spacial score (nSPS) is 22.8. The SMILES string of the molecule is COC1=C(N)[C@@H](OC(C)=O)[C@@H](C/C=C(\C)CC/C=C(\C)CCC=C(C)C)[C@H](C)C1=O. The van der Waals surface area contributed by atoms with Crippen molar-refractivity contribution in [2.24, 2.45) is 17.6 Å². The second kappa shape index (κ2) is 12.4. The van der Waals surface area contributed by atoms with Crippen LogP contribution in [0.5, 0.6) is 0 Å². The monoisotopic (exact) mass is 417 g/mol. The van der Waals surface area contributed by atoms with Crippen LogP contribution in [-0.2, 0) is 19.1 Å². The van der Waals surface area contributed by atoms with Gasteiger partial charge in [0.05, 0.1) is 12.8 Å². The molecule has 0 aromatic heterocycles. The number of ketones is 1. The zero-order valence-electron chi connectivity index (χ0n) is 19.7. The number of nitrogens with two attached hydrogens (primary N) is 1. The molecule has 2 N–H and O–H groups in total. The third kappa shape index (κ3) is 7.85. The number of carbonyl (C=O) groups is 2. The number of carbonyl (C=O) groups excluding carboxylic acids is 2. The Balaban J connectivity index is 2.77. The van der Waals surface area contributed by atoms with Crippen LogP contribution in [0.3, 0.4) is 0 Å². The molecule has 0 bridgehead atoms. The maximum atomic E-state index is 12.6. The molecule has 0 aromatic carbocycles. The van der Waals surface area contributed by atoms with Gasteiger partial charge in [0.15, 0.2) is 5.76 Å². The van der Waals surface area contributed by atoms with Crippen LogP contribution in [0.15, 0.2) is 46.4 Å². The van der Waals surface area contributed by atoms with E-state index in [1.807, 2.05) is 6.92 Å². The van der Waals surface area contributed by atoms with E-state index in [1.54, 1.807) is 0 Å². The number of allylic oxidation sites excluding steroid dienone is 7. The molecule has 0 heterocycles. The molecule has 3 atom stereocenters. The Morgan fingerprint density at radius 3 is 2.10 bits per heavy atom. The van der Waals surface area contributed by atoms with Gasteiger partial charge in [0.25, 0.3) is 0 Å². The van der Waals surface area contributed by atoms with Crippen LogP contribution < -0.4 is 5.73 Å². The van der Waals surface area contributed by atoms with E-state index in [0.717, 1.165) is 25.7 Å². The summed E-state index contributed by atoms with van der Waals surface area (Å²) in [6.07, 6.45) is 10.8. The lowest BCUT2D eigenvalue weighted by atomic mass is 9.76. The summed E-state index contributed by atoms with van der Waals surface area (Å²) in [5.41, 5.74) is 10.4. The smallest absolute Gasteiger partial charge is 0.303 e. The van der Waals surface area contributed by atoms with Crippen molar-refractivity contribution in [2.75, 3.05) is 7.11 Å². The highest BCUT2D eigenvalue weighted by Gasteiger charge is 2.42. The number of hydrogen-bond acceptors (Lipinski definition) is 5. The summed E-state index contributed by atoms with van der Waals surface area (Å²) in [5, 5.41) is 0. The summed E-state index contributed by atoms with van der Waals surface area (Å²) in [6.45, 7) is 11.7. The van der Waals surface area contributed by atoms with Gasteiger partial charge in [0.2, 0.25) is 5.78 Å². The summed E-state index contributed by atoms with van der Waals surface area (Å²) in [6, 6.07) is 0. The lowest BCUT2D eigenvalue weighted by Crippen LogP contribution is -2.44. The average Bonchev–Trinajstić information content (AvgIpc) is 2.65. The Hall–Kier alpha value is -2.30. The third-order valence-corrected chi connectivity index (χ3v) is 5.60. The molecule has 168 valence electrons. The lowest BCUT2D eigenvalue weighted by Gasteiger charge is -2.35. The van der Waals surface area contributed by atoms with Crippen molar-refractivity contribution in [1.29, 1.82) is 0 Å². The minimum Gasteiger partial charge on any atom is -0.491 e. The minimum absolute atomic E-state index is 0.111. The largest absolute Gasteiger partial charge is 0.491 e. The summed E-state index contributed by atoms with van der Waals surface area (Å²) in [7, 11) is 1.41. The van der Waals surface area contributed by atoms with Crippen LogP contribution in [0.4, 0.5) is 0 Å². The average molecular weight is 418 g/mol. The van der Waals surface area contributed by atoms with Gasteiger partial charge in [-0.1, -0.05) is 41.9 Å². The Morgan fingerprint density at radius 1 is 1.00 bits per heavy atom. The first kappa shape index (κ1) is 25.7. The number of methoxy groups -OCH3 is 1. The lowest BCUT2D eigenvalue weighted by molar-refractivity contribution is -0.150. The molecule has 0 radical (unpaired) electrons. The highest BCUT2D eigenvalue weighted by Crippen LogP contribution is 2.35. The van der Waals surface area contributed by atoms with Crippen molar-refractivity contribution in [3.63, 3.8) is 0 Å². The topological polar surface area (TPSA) is 78.6 Å². The maximum Gasteiger partial charge on any atom is 0.303 e. The van der Waals surface area contributed by atoms with Crippen molar-refractivity contribution in [3.8, 4) is 0 Å². The molecule has 5 heteroatoms. The van der Waals surface area contributed by atoms with Crippen molar-refractivity contribution >= 4 is 11.8 Å². The maximum absolute atomic E-state index is 12.6. The molecule has 1 aliphatic carbocycles. The van der Waals surface area contributed by atoms with E-state index in [9.17, 15) is 9.59 Å². The Bertz CT molecular complexity index is 738. The minimum atomic E-state index is -0.647. The van der Waals surface area contributed by atoms with Gasteiger partial charge in [-0.05, 0) is 59.8 Å². The highest BCUT2D eigenvalue weighted by molar-refractivity contribution is 5.97. The standard InChI is InChI=1S/C25H39NO4/c1-16(2)10-8-11-17(3)12-9-13-18(4)14-15-21-19(5)23(28)25(29-7)22(26)24(21)30-20(6)27/h10,12,14,19,21,24H,8-9,11,13,15,26H2,1-7H3/b17-12+,18-14+/t19-,21-,24-/m0/s1. The van der Waals surface area contributed by atoms with E-state index < -0.39 is 12.1 Å². The molecule has 0 saturated heterocycles. The van der Waals surface area contributed by atoms with Crippen molar-refractivity contribution in [2.45, 2.75) is 79.8 Å². The van der Waals surface area contributed by atoms with Crippen LogP contribution in [0.2, 0.25) is 0 Å². The second-order valence-corrected chi connectivity index (χ2v) is 8.53.